The maximum atomic E-state index is 12.8. The van der Waals surface area contributed by atoms with E-state index < -0.39 is 12.1 Å². The van der Waals surface area contributed by atoms with Crippen molar-refractivity contribution in [1.29, 1.82) is 0 Å². The first-order chi connectivity index (χ1) is 10.6. The molecule has 1 aliphatic carbocycles. The molecule has 0 bridgehead atoms. The molecule has 3 unspecified atom stereocenters. The number of likely N-dealkylation sites (N-methyl/N-ethyl adjacent to an activating group) is 1. The Kier molecular flexibility index (Phi) is 4.87. The van der Waals surface area contributed by atoms with E-state index in [9.17, 15) is 14.7 Å². The zero-order valence-electron chi connectivity index (χ0n) is 14.6. The lowest BCUT2D eigenvalue weighted by molar-refractivity contribution is -0.138. The molecule has 1 aliphatic heterocycles. The lowest BCUT2D eigenvalue weighted by Crippen LogP contribution is -2.43. The Morgan fingerprint density at radius 2 is 1.91 bits per heavy atom. The normalized spacial score (nSPS) is 32.0. The maximum absolute atomic E-state index is 12.8. The van der Waals surface area contributed by atoms with Gasteiger partial charge in [-0.2, -0.15) is 0 Å². The molecular formula is C17H28N2O4. The standard InChI is InChI=1S/C17H28N2O4/c1-10(2)6-11-15(17(11,3)4)16(23)19-7-12(13(20)8-19)18(5)9-14(21)22/h6,11-13,15,20H,7-9H2,1-5H3,(H,21,22)/t11?,12?,13-,15?/m1/s1. The van der Waals surface area contributed by atoms with Crippen molar-refractivity contribution in [2.75, 3.05) is 26.7 Å². The second kappa shape index (κ2) is 6.24. The van der Waals surface area contributed by atoms with Crippen molar-refractivity contribution < 1.29 is 19.8 Å². The number of nitrogens with zero attached hydrogens (tertiary/aromatic N) is 2. The van der Waals surface area contributed by atoms with Gasteiger partial charge in [0.15, 0.2) is 0 Å². The number of hydrogen-bond acceptors (Lipinski definition) is 4. The Morgan fingerprint density at radius 1 is 1.30 bits per heavy atom. The fourth-order valence-electron chi connectivity index (χ4n) is 3.73. The molecule has 1 saturated heterocycles. The largest absolute Gasteiger partial charge is 0.480 e. The van der Waals surface area contributed by atoms with Crippen LogP contribution in [0, 0.1) is 17.3 Å². The fraction of sp³-hybridized carbons (Fsp3) is 0.765. The molecular weight excluding hydrogens is 296 g/mol. The average molecular weight is 324 g/mol. The molecule has 130 valence electrons. The van der Waals surface area contributed by atoms with Crippen molar-refractivity contribution in [3.05, 3.63) is 11.6 Å². The van der Waals surface area contributed by atoms with Crippen LogP contribution < -0.4 is 0 Å². The molecule has 0 aromatic heterocycles. The molecule has 2 fully saturated rings. The number of hydrogen-bond donors (Lipinski definition) is 2. The Hall–Kier alpha value is -1.40. The summed E-state index contributed by atoms with van der Waals surface area (Å²) in [6, 6.07) is -0.321. The van der Waals surface area contributed by atoms with Gasteiger partial charge in [0.25, 0.3) is 0 Å². The monoisotopic (exact) mass is 324 g/mol. The number of likely N-dealkylation sites (tertiary alicyclic amines) is 1. The summed E-state index contributed by atoms with van der Waals surface area (Å²) >= 11 is 0. The van der Waals surface area contributed by atoms with Gasteiger partial charge in [-0.3, -0.25) is 14.5 Å². The van der Waals surface area contributed by atoms with Crippen LogP contribution in [0.2, 0.25) is 0 Å². The van der Waals surface area contributed by atoms with E-state index in [-0.39, 0.29) is 42.3 Å². The fourth-order valence-corrected chi connectivity index (χ4v) is 3.73. The number of carboxylic acid groups (broad SMARTS) is 1. The van der Waals surface area contributed by atoms with Crippen LogP contribution in [0.25, 0.3) is 0 Å². The molecule has 0 radical (unpaired) electrons. The summed E-state index contributed by atoms with van der Waals surface area (Å²) in [6.07, 6.45) is 1.45. The number of aliphatic hydroxyl groups is 1. The number of rotatable bonds is 5. The van der Waals surface area contributed by atoms with Crippen molar-refractivity contribution >= 4 is 11.9 Å². The number of carboxylic acids is 1. The van der Waals surface area contributed by atoms with Gasteiger partial charge in [-0.25, -0.2) is 0 Å². The third-order valence-electron chi connectivity index (χ3n) is 5.21. The van der Waals surface area contributed by atoms with Crippen LogP contribution in [0.5, 0.6) is 0 Å². The highest BCUT2D eigenvalue weighted by Gasteiger charge is 2.61. The summed E-state index contributed by atoms with van der Waals surface area (Å²) in [5.74, 6) is -0.666. The van der Waals surface area contributed by atoms with E-state index in [1.807, 2.05) is 13.8 Å². The molecule has 1 saturated carbocycles. The first-order valence-corrected chi connectivity index (χ1v) is 8.09. The highest BCUT2D eigenvalue weighted by atomic mass is 16.4. The van der Waals surface area contributed by atoms with Crippen molar-refractivity contribution in [3.63, 3.8) is 0 Å². The molecule has 4 atom stereocenters. The number of carbonyl (C=O) groups is 2. The average Bonchev–Trinajstić information content (AvgIpc) is 2.76. The van der Waals surface area contributed by atoms with Crippen LogP contribution in [0.15, 0.2) is 11.6 Å². The quantitative estimate of drug-likeness (QED) is 0.732. The van der Waals surface area contributed by atoms with E-state index in [0.717, 1.165) is 0 Å². The first-order valence-electron chi connectivity index (χ1n) is 8.09. The van der Waals surface area contributed by atoms with Gasteiger partial charge in [0.2, 0.25) is 5.91 Å². The van der Waals surface area contributed by atoms with Crippen LogP contribution in [0.3, 0.4) is 0 Å². The maximum Gasteiger partial charge on any atom is 0.317 e. The van der Waals surface area contributed by atoms with E-state index in [0.29, 0.717) is 6.54 Å². The van der Waals surface area contributed by atoms with E-state index in [2.05, 4.69) is 19.9 Å². The molecule has 1 heterocycles. The molecule has 2 rings (SSSR count). The van der Waals surface area contributed by atoms with Crippen LogP contribution in [0.4, 0.5) is 0 Å². The van der Waals surface area contributed by atoms with Crippen molar-refractivity contribution in [2.45, 2.75) is 39.8 Å². The predicted molar refractivity (Wildman–Crippen MR) is 86.8 cm³/mol. The third-order valence-corrected chi connectivity index (χ3v) is 5.21. The summed E-state index contributed by atoms with van der Waals surface area (Å²) in [5.41, 5.74) is 1.16. The first kappa shape index (κ1) is 17.9. The molecule has 6 heteroatoms. The van der Waals surface area contributed by atoms with Crippen LogP contribution in [-0.2, 0) is 9.59 Å². The minimum atomic E-state index is -0.934. The van der Waals surface area contributed by atoms with Gasteiger partial charge in [0.1, 0.15) is 0 Å². The van der Waals surface area contributed by atoms with Gasteiger partial charge in [-0.05, 0) is 32.2 Å². The summed E-state index contributed by atoms with van der Waals surface area (Å²) in [6.45, 7) is 8.79. The Morgan fingerprint density at radius 3 is 2.43 bits per heavy atom. The zero-order valence-corrected chi connectivity index (χ0v) is 14.6. The van der Waals surface area contributed by atoms with Crippen molar-refractivity contribution in [2.24, 2.45) is 17.3 Å². The molecule has 2 N–H and O–H groups in total. The van der Waals surface area contributed by atoms with Gasteiger partial charge in [-0.1, -0.05) is 25.5 Å². The minimum absolute atomic E-state index is 0.0480. The van der Waals surface area contributed by atoms with E-state index in [4.69, 9.17) is 5.11 Å². The van der Waals surface area contributed by atoms with E-state index >= 15 is 0 Å². The van der Waals surface area contributed by atoms with Gasteiger partial charge < -0.3 is 15.1 Å². The number of aliphatic carboxylic acids is 1. The molecule has 6 nitrogen and oxygen atoms in total. The smallest absolute Gasteiger partial charge is 0.317 e. The molecule has 0 spiro atoms. The van der Waals surface area contributed by atoms with E-state index in [1.54, 1.807) is 16.8 Å². The van der Waals surface area contributed by atoms with Crippen LogP contribution >= 0.6 is 0 Å². The van der Waals surface area contributed by atoms with E-state index in [1.165, 1.54) is 5.57 Å². The highest BCUT2D eigenvalue weighted by Crippen LogP contribution is 2.60. The summed E-state index contributed by atoms with van der Waals surface area (Å²) in [5, 5.41) is 19.1. The molecule has 23 heavy (non-hydrogen) atoms. The number of β-amino-alcohol motifs (C(OH)–C–C–N with tert-alkyl or cyclic N) is 1. The summed E-state index contributed by atoms with van der Waals surface area (Å²) < 4.78 is 0. The predicted octanol–water partition coefficient (Wildman–Crippen LogP) is 0.813. The minimum Gasteiger partial charge on any atom is -0.480 e. The van der Waals surface area contributed by atoms with Crippen molar-refractivity contribution in [3.8, 4) is 0 Å². The Balaban J connectivity index is 2.02. The summed E-state index contributed by atoms with van der Waals surface area (Å²) in [4.78, 5) is 26.9. The third kappa shape index (κ3) is 3.58. The second-order valence-corrected chi connectivity index (χ2v) is 7.76. The lowest BCUT2D eigenvalue weighted by Gasteiger charge is -2.24. The van der Waals surface area contributed by atoms with Gasteiger partial charge in [0, 0.05) is 13.1 Å². The SMILES string of the molecule is CC(C)=CC1C(C(=O)N2CC(N(C)CC(=O)O)[C@H](O)C2)C1(C)C. The van der Waals surface area contributed by atoms with Crippen LogP contribution in [0.1, 0.15) is 27.7 Å². The Labute approximate surface area is 137 Å². The second-order valence-electron chi connectivity index (χ2n) is 7.76. The molecule has 0 aromatic rings. The topological polar surface area (TPSA) is 81.1 Å². The molecule has 0 aromatic carbocycles. The summed E-state index contributed by atoms with van der Waals surface area (Å²) in [7, 11) is 1.67. The van der Waals surface area contributed by atoms with Crippen molar-refractivity contribution in [1.82, 2.24) is 9.80 Å². The lowest BCUT2D eigenvalue weighted by atomic mass is 10.1. The molecule has 2 aliphatic rings. The molecule has 1 amide bonds. The van der Waals surface area contributed by atoms with Crippen LogP contribution in [-0.4, -0.2) is 70.7 Å². The van der Waals surface area contributed by atoms with Gasteiger partial charge in [-0.15, -0.1) is 0 Å². The number of amides is 1. The van der Waals surface area contributed by atoms with Gasteiger partial charge >= 0.3 is 5.97 Å². The Bertz CT molecular complexity index is 525. The zero-order chi connectivity index (χ0) is 17.5. The number of allylic oxidation sites excluding steroid dienone is 2. The van der Waals surface area contributed by atoms with Gasteiger partial charge in [0.05, 0.1) is 24.6 Å². The number of carbonyl (C=O) groups excluding carboxylic acids is 1. The highest BCUT2D eigenvalue weighted by molar-refractivity contribution is 5.84. The number of aliphatic hydroxyl groups excluding tert-OH is 1.